The second kappa shape index (κ2) is 4.48. The van der Waals surface area contributed by atoms with Gasteiger partial charge in [-0.3, -0.25) is 0 Å². The molecule has 0 bridgehead atoms. The molecule has 2 unspecified atom stereocenters. The third-order valence-corrected chi connectivity index (χ3v) is 5.14. The van der Waals surface area contributed by atoms with Gasteiger partial charge in [0.15, 0.2) is 0 Å². The Hall–Kier alpha value is -0.770. The van der Waals surface area contributed by atoms with E-state index >= 15 is 0 Å². The van der Waals surface area contributed by atoms with E-state index in [0.717, 1.165) is 24.2 Å². The minimum absolute atomic E-state index is 0.692. The highest BCUT2D eigenvalue weighted by molar-refractivity contribution is 7.10. The maximum atomic E-state index is 5.95. The molecule has 17 heavy (non-hydrogen) atoms. The first kappa shape index (κ1) is 11.3. The number of nitrogens with zero attached hydrogens (tertiary/aromatic N) is 1. The minimum Gasteiger partial charge on any atom is -0.383 e. The molecule has 1 heterocycles. The molecule has 3 nitrogen and oxygen atoms in total. The SMILES string of the molecule is CC1CCCC1CNc1snc(N)c1C1CC1. The highest BCUT2D eigenvalue weighted by Crippen LogP contribution is 2.47. The fraction of sp³-hybridized carbons (Fsp3) is 0.769. The van der Waals surface area contributed by atoms with Crippen molar-refractivity contribution in [2.75, 3.05) is 17.6 Å². The Morgan fingerprint density at radius 2 is 2.18 bits per heavy atom. The highest BCUT2D eigenvalue weighted by atomic mass is 32.1. The van der Waals surface area contributed by atoms with Crippen LogP contribution in [0.3, 0.4) is 0 Å². The molecule has 0 radical (unpaired) electrons. The van der Waals surface area contributed by atoms with E-state index in [9.17, 15) is 0 Å². The molecule has 2 aliphatic rings. The first-order valence-corrected chi connectivity index (χ1v) is 7.52. The van der Waals surface area contributed by atoms with Gasteiger partial charge in [0.2, 0.25) is 0 Å². The monoisotopic (exact) mass is 251 g/mol. The van der Waals surface area contributed by atoms with Crippen molar-refractivity contribution in [2.24, 2.45) is 11.8 Å². The number of nitrogen functional groups attached to an aromatic ring is 1. The molecule has 1 aromatic heterocycles. The normalized spacial score (nSPS) is 28.5. The molecule has 0 spiro atoms. The van der Waals surface area contributed by atoms with Crippen molar-refractivity contribution in [1.29, 1.82) is 0 Å². The van der Waals surface area contributed by atoms with E-state index in [4.69, 9.17) is 5.73 Å². The predicted octanol–water partition coefficient (Wildman–Crippen LogP) is 3.45. The number of nitrogens with one attached hydrogen (secondary N) is 1. The van der Waals surface area contributed by atoms with Crippen LogP contribution in [0.15, 0.2) is 0 Å². The van der Waals surface area contributed by atoms with Crippen LogP contribution in [0.2, 0.25) is 0 Å². The molecular weight excluding hydrogens is 230 g/mol. The van der Waals surface area contributed by atoms with E-state index in [1.54, 1.807) is 11.5 Å². The summed E-state index contributed by atoms with van der Waals surface area (Å²) in [5, 5.41) is 4.84. The molecule has 2 aliphatic carbocycles. The van der Waals surface area contributed by atoms with Crippen molar-refractivity contribution >= 4 is 22.4 Å². The Morgan fingerprint density at radius 3 is 2.82 bits per heavy atom. The molecule has 0 aliphatic heterocycles. The molecule has 0 saturated heterocycles. The fourth-order valence-electron chi connectivity index (χ4n) is 2.95. The van der Waals surface area contributed by atoms with Gasteiger partial charge in [0.05, 0.1) is 0 Å². The average Bonchev–Trinajstić information content (AvgIpc) is 2.96. The summed E-state index contributed by atoms with van der Waals surface area (Å²) in [7, 11) is 0. The van der Waals surface area contributed by atoms with Crippen LogP contribution in [-0.2, 0) is 0 Å². The number of nitrogens with two attached hydrogens (primary N) is 1. The smallest absolute Gasteiger partial charge is 0.142 e. The summed E-state index contributed by atoms with van der Waals surface area (Å²) in [5.74, 6) is 3.17. The number of hydrogen-bond acceptors (Lipinski definition) is 4. The Morgan fingerprint density at radius 1 is 1.35 bits per heavy atom. The van der Waals surface area contributed by atoms with E-state index in [-0.39, 0.29) is 0 Å². The average molecular weight is 251 g/mol. The fourth-order valence-corrected chi connectivity index (χ4v) is 3.76. The van der Waals surface area contributed by atoms with Crippen molar-refractivity contribution < 1.29 is 0 Å². The standard InChI is InChI=1S/C13H21N3S/c1-8-3-2-4-10(8)7-15-13-11(9-5-6-9)12(14)16-17-13/h8-10,15H,2-7H2,1H3,(H2,14,16). The zero-order chi connectivity index (χ0) is 11.8. The van der Waals surface area contributed by atoms with Crippen LogP contribution in [0.4, 0.5) is 10.8 Å². The minimum atomic E-state index is 0.692. The largest absolute Gasteiger partial charge is 0.383 e. The maximum absolute atomic E-state index is 5.95. The topological polar surface area (TPSA) is 50.9 Å². The number of rotatable bonds is 4. The first-order chi connectivity index (χ1) is 8.25. The molecular formula is C13H21N3S. The van der Waals surface area contributed by atoms with E-state index in [2.05, 4.69) is 16.6 Å². The summed E-state index contributed by atoms with van der Waals surface area (Å²) < 4.78 is 4.30. The lowest BCUT2D eigenvalue weighted by Crippen LogP contribution is -2.16. The van der Waals surface area contributed by atoms with Gasteiger partial charge in [-0.2, -0.15) is 4.37 Å². The lowest BCUT2D eigenvalue weighted by atomic mass is 9.98. The van der Waals surface area contributed by atoms with Crippen molar-refractivity contribution in [3.05, 3.63) is 5.56 Å². The van der Waals surface area contributed by atoms with Crippen LogP contribution in [0.1, 0.15) is 50.5 Å². The molecule has 2 saturated carbocycles. The summed E-state index contributed by atoms with van der Waals surface area (Å²) in [6, 6.07) is 0. The van der Waals surface area contributed by atoms with Crippen LogP contribution < -0.4 is 11.1 Å². The number of anilines is 2. The van der Waals surface area contributed by atoms with Crippen LogP contribution in [0.5, 0.6) is 0 Å². The highest BCUT2D eigenvalue weighted by Gasteiger charge is 2.31. The summed E-state index contributed by atoms with van der Waals surface area (Å²) in [6.45, 7) is 3.48. The number of aromatic nitrogens is 1. The summed E-state index contributed by atoms with van der Waals surface area (Å²) >= 11 is 1.54. The van der Waals surface area contributed by atoms with Gasteiger partial charge in [-0.05, 0) is 48.5 Å². The van der Waals surface area contributed by atoms with E-state index in [1.165, 1.54) is 42.7 Å². The molecule has 2 atom stereocenters. The quantitative estimate of drug-likeness (QED) is 0.861. The predicted molar refractivity (Wildman–Crippen MR) is 73.5 cm³/mol. The van der Waals surface area contributed by atoms with E-state index in [1.807, 2.05) is 0 Å². The molecule has 3 rings (SSSR count). The summed E-state index contributed by atoms with van der Waals surface area (Å²) in [4.78, 5) is 0. The number of hydrogen-bond donors (Lipinski definition) is 2. The van der Waals surface area contributed by atoms with Gasteiger partial charge >= 0.3 is 0 Å². The van der Waals surface area contributed by atoms with Gasteiger partial charge in [-0.25, -0.2) is 0 Å². The van der Waals surface area contributed by atoms with Gasteiger partial charge in [-0.15, -0.1) is 0 Å². The van der Waals surface area contributed by atoms with Crippen molar-refractivity contribution in [2.45, 2.75) is 44.9 Å². The lowest BCUT2D eigenvalue weighted by Gasteiger charge is -2.16. The van der Waals surface area contributed by atoms with Crippen LogP contribution in [0, 0.1) is 11.8 Å². The summed E-state index contributed by atoms with van der Waals surface area (Å²) in [5.41, 5.74) is 7.26. The van der Waals surface area contributed by atoms with Gasteiger partial charge in [0, 0.05) is 12.1 Å². The van der Waals surface area contributed by atoms with Crippen molar-refractivity contribution in [3.63, 3.8) is 0 Å². The Kier molecular flexibility index (Phi) is 2.99. The van der Waals surface area contributed by atoms with Gasteiger partial charge in [0.25, 0.3) is 0 Å². The first-order valence-electron chi connectivity index (χ1n) is 6.74. The zero-order valence-electron chi connectivity index (χ0n) is 10.4. The zero-order valence-corrected chi connectivity index (χ0v) is 11.2. The van der Waals surface area contributed by atoms with Gasteiger partial charge in [0.1, 0.15) is 10.8 Å². The Labute approximate surface area is 107 Å². The lowest BCUT2D eigenvalue weighted by molar-refractivity contribution is 0.440. The van der Waals surface area contributed by atoms with Crippen LogP contribution >= 0.6 is 11.5 Å². The van der Waals surface area contributed by atoms with E-state index in [0.29, 0.717) is 5.92 Å². The third kappa shape index (κ3) is 2.28. The molecule has 94 valence electrons. The molecule has 2 fully saturated rings. The molecule has 0 amide bonds. The molecule has 0 aromatic carbocycles. The van der Waals surface area contributed by atoms with Crippen LogP contribution in [-0.4, -0.2) is 10.9 Å². The van der Waals surface area contributed by atoms with Crippen molar-refractivity contribution in [3.8, 4) is 0 Å². The summed E-state index contributed by atoms with van der Waals surface area (Å²) in [6.07, 6.45) is 6.75. The van der Waals surface area contributed by atoms with Gasteiger partial charge < -0.3 is 11.1 Å². The van der Waals surface area contributed by atoms with Crippen LogP contribution in [0.25, 0.3) is 0 Å². The third-order valence-electron chi connectivity index (χ3n) is 4.31. The molecule has 1 aromatic rings. The van der Waals surface area contributed by atoms with Crippen molar-refractivity contribution in [1.82, 2.24) is 4.37 Å². The molecule has 4 heteroatoms. The Balaban J connectivity index is 1.64. The second-order valence-corrected chi connectivity index (χ2v) is 6.41. The second-order valence-electron chi connectivity index (χ2n) is 5.63. The maximum Gasteiger partial charge on any atom is 0.142 e. The Bertz CT molecular complexity index is 397. The van der Waals surface area contributed by atoms with E-state index < -0.39 is 0 Å². The molecule has 3 N–H and O–H groups in total. The van der Waals surface area contributed by atoms with Gasteiger partial charge in [-0.1, -0.05) is 19.8 Å².